The smallest absolute Gasteiger partial charge is 0.409 e. The average molecular weight is 190 g/mol. The van der Waals surface area contributed by atoms with Crippen LogP contribution in [-0.2, 0) is 9.47 Å². The summed E-state index contributed by atoms with van der Waals surface area (Å²) in [5.41, 5.74) is 5.21. The van der Waals surface area contributed by atoms with Crippen LogP contribution in [0.1, 0.15) is 20.8 Å². The monoisotopic (exact) mass is 190 g/mol. The van der Waals surface area contributed by atoms with Crippen LogP contribution in [0.25, 0.3) is 0 Å². The third-order valence-corrected chi connectivity index (χ3v) is 1.29. The van der Waals surface area contributed by atoms with Crippen molar-refractivity contribution in [3.63, 3.8) is 0 Å². The molecule has 0 saturated carbocycles. The number of methoxy groups -OCH3 is 1. The molecule has 13 heavy (non-hydrogen) atoms. The van der Waals surface area contributed by atoms with Crippen molar-refractivity contribution in [1.82, 2.24) is 5.32 Å². The minimum absolute atomic E-state index is 0.363. The van der Waals surface area contributed by atoms with Gasteiger partial charge < -0.3 is 20.5 Å². The van der Waals surface area contributed by atoms with Gasteiger partial charge in [-0.05, 0) is 20.8 Å². The quantitative estimate of drug-likeness (QED) is 0.631. The molecule has 1 amide bonds. The van der Waals surface area contributed by atoms with Crippen LogP contribution in [0.3, 0.4) is 0 Å². The summed E-state index contributed by atoms with van der Waals surface area (Å²) >= 11 is 0. The van der Waals surface area contributed by atoms with E-state index >= 15 is 0 Å². The minimum atomic E-state index is -0.541. The van der Waals surface area contributed by atoms with Crippen LogP contribution in [0.2, 0.25) is 0 Å². The maximum atomic E-state index is 11.0. The molecule has 5 nitrogen and oxygen atoms in total. The van der Waals surface area contributed by atoms with Crippen LogP contribution in [0, 0.1) is 0 Å². The fourth-order valence-electron chi connectivity index (χ4n) is 0.540. The number of amides is 1. The molecule has 1 unspecified atom stereocenters. The highest BCUT2D eigenvalue weighted by Crippen LogP contribution is 1.95. The van der Waals surface area contributed by atoms with Crippen molar-refractivity contribution in [2.24, 2.45) is 5.73 Å². The molecule has 0 radical (unpaired) electrons. The van der Waals surface area contributed by atoms with Crippen molar-refractivity contribution in [2.45, 2.75) is 32.6 Å². The summed E-state index contributed by atoms with van der Waals surface area (Å²) in [6.45, 7) is 5.62. The van der Waals surface area contributed by atoms with Gasteiger partial charge >= 0.3 is 6.09 Å². The summed E-state index contributed by atoms with van der Waals surface area (Å²) in [7, 11) is 1.46. The predicted molar refractivity (Wildman–Crippen MR) is 49.2 cm³/mol. The summed E-state index contributed by atoms with van der Waals surface area (Å²) in [6, 6.07) is 0. The molecule has 0 aromatic heterocycles. The molecule has 0 bridgehead atoms. The van der Waals surface area contributed by atoms with Crippen LogP contribution in [0.5, 0.6) is 0 Å². The molecule has 0 aromatic rings. The van der Waals surface area contributed by atoms with Gasteiger partial charge in [-0.25, -0.2) is 4.79 Å². The Balaban J connectivity index is 3.64. The van der Waals surface area contributed by atoms with Crippen molar-refractivity contribution in [3.8, 4) is 0 Å². The lowest BCUT2D eigenvalue weighted by Gasteiger charge is -2.19. The lowest BCUT2D eigenvalue weighted by molar-refractivity contribution is -0.0676. The minimum Gasteiger partial charge on any atom is -0.420 e. The third-order valence-electron chi connectivity index (χ3n) is 1.29. The maximum absolute atomic E-state index is 11.0. The first kappa shape index (κ1) is 12.2. The number of nitrogens with one attached hydrogen (secondary N) is 1. The first-order valence-electron chi connectivity index (χ1n) is 4.11. The van der Waals surface area contributed by atoms with Crippen molar-refractivity contribution >= 4 is 6.09 Å². The molecule has 0 aliphatic rings. The van der Waals surface area contributed by atoms with E-state index in [9.17, 15) is 4.79 Å². The Morgan fingerprint density at radius 2 is 2.15 bits per heavy atom. The van der Waals surface area contributed by atoms with Gasteiger partial charge in [0.2, 0.25) is 6.29 Å². The number of rotatable bonds is 4. The second-order valence-electron chi connectivity index (χ2n) is 3.55. The van der Waals surface area contributed by atoms with Crippen LogP contribution in [0.15, 0.2) is 0 Å². The van der Waals surface area contributed by atoms with Gasteiger partial charge in [0.1, 0.15) is 0 Å². The van der Waals surface area contributed by atoms with Crippen LogP contribution >= 0.6 is 0 Å². The van der Waals surface area contributed by atoms with Gasteiger partial charge in [-0.2, -0.15) is 0 Å². The Labute approximate surface area is 78.6 Å². The number of nitrogens with two attached hydrogens (primary N) is 1. The molecule has 0 rings (SSSR count). The van der Waals surface area contributed by atoms with Gasteiger partial charge in [0.05, 0.1) is 0 Å². The normalized spacial score (nSPS) is 13.6. The number of alkyl carbamates (subject to hydrolysis) is 1. The first-order chi connectivity index (χ1) is 5.85. The predicted octanol–water partition coefficient (Wildman–Crippen LogP) is 0.442. The molecule has 78 valence electrons. The zero-order valence-electron chi connectivity index (χ0n) is 8.59. The third kappa shape index (κ3) is 7.55. The van der Waals surface area contributed by atoms with E-state index in [2.05, 4.69) is 5.32 Å². The van der Waals surface area contributed by atoms with E-state index in [1.165, 1.54) is 7.11 Å². The van der Waals surface area contributed by atoms with E-state index in [1.54, 1.807) is 6.92 Å². The Kier molecular flexibility index (Phi) is 4.72. The first-order valence-corrected chi connectivity index (χ1v) is 4.11. The SMILES string of the molecule is COC(C)OC(=O)NCC(C)(C)N. The van der Waals surface area contributed by atoms with Crippen LogP contribution in [0.4, 0.5) is 4.79 Å². The Hall–Kier alpha value is -0.810. The van der Waals surface area contributed by atoms with Gasteiger partial charge in [-0.3, -0.25) is 0 Å². The van der Waals surface area contributed by atoms with E-state index in [4.69, 9.17) is 15.2 Å². The highest BCUT2D eigenvalue weighted by molar-refractivity contribution is 5.67. The molecule has 0 spiro atoms. The maximum Gasteiger partial charge on any atom is 0.409 e. The number of hydrogen-bond acceptors (Lipinski definition) is 4. The van der Waals surface area contributed by atoms with E-state index < -0.39 is 17.9 Å². The molecule has 1 atom stereocenters. The largest absolute Gasteiger partial charge is 0.420 e. The van der Waals surface area contributed by atoms with Gasteiger partial charge in [0.25, 0.3) is 0 Å². The summed E-state index contributed by atoms with van der Waals surface area (Å²) in [5.74, 6) is 0. The fraction of sp³-hybridized carbons (Fsp3) is 0.875. The molecule has 0 aromatic carbocycles. The molecule has 3 N–H and O–H groups in total. The zero-order valence-corrected chi connectivity index (χ0v) is 8.59. The molecular weight excluding hydrogens is 172 g/mol. The molecule has 0 fully saturated rings. The highest BCUT2D eigenvalue weighted by Gasteiger charge is 2.14. The van der Waals surface area contributed by atoms with Crippen LogP contribution < -0.4 is 11.1 Å². The molecular formula is C8H18N2O3. The molecule has 5 heteroatoms. The highest BCUT2D eigenvalue weighted by atomic mass is 16.7. The topological polar surface area (TPSA) is 73.6 Å². The van der Waals surface area contributed by atoms with Crippen molar-refractivity contribution in [1.29, 1.82) is 0 Å². The summed E-state index contributed by atoms with van der Waals surface area (Å²) in [5, 5.41) is 2.52. The van der Waals surface area contributed by atoms with E-state index in [0.717, 1.165) is 0 Å². The van der Waals surface area contributed by atoms with E-state index in [0.29, 0.717) is 6.54 Å². The average Bonchev–Trinajstić information content (AvgIpc) is 1.99. The number of ether oxygens (including phenoxy) is 2. The van der Waals surface area contributed by atoms with Gasteiger partial charge in [0.15, 0.2) is 0 Å². The Morgan fingerprint density at radius 3 is 2.54 bits per heavy atom. The Bertz CT molecular complexity index is 165. The van der Waals surface area contributed by atoms with Crippen molar-refractivity contribution in [2.75, 3.05) is 13.7 Å². The molecule has 0 aliphatic carbocycles. The van der Waals surface area contributed by atoms with Crippen molar-refractivity contribution < 1.29 is 14.3 Å². The van der Waals surface area contributed by atoms with Crippen molar-refractivity contribution in [3.05, 3.63) is 0 Å². The second kappa shape index (κ2) is 5.04. The number of carbonyl (C=O) groups is 1. The van der Waals surface area contributed by atoms with E-state index in [1.807, 2.05) is 13.8 Å². The fourth-order valence-corrected chi connectivity index (χ4v) is 0.540. The van der Waals surface area contributed by atoms with Gasteiger partial charge in [-0.1, -0.05) is 0 Å². The second-order valence-corrected chi connectivity index (χ2v) is 3.55. The lowest BCUT2D eigenvalue weighted by Crippen LogP contribution is -2.45. The lowest BCUT2D eigenvalue weighted by atomic mass is 10.1. The van der Waals surface area contributed by atoms with E-state index in [-0.39, 0.29) is 0 Å². The van der Waals surface area contributed by atoms with Gasteiger partial charge in [0, 0.05) is 19.2 Å². The zero-order chi connectivity index (χ0) is 10.5. The Morgan fingerprint density at radius 1 is 1.62 bits per heavy atom. The number of carbonyl (C=O) groups excluding carboxylic acids is 1. The van der Waals surface area contributed by atoms with Crippen LogP contribution in [-0.4, -0.2) is 31.6 Å². The molecule has 0 heterocycles. The summed E-state index contributed by atoms with van der Waals surface area (Å²) < 4.78 is 9.51. The van der Waals surface area contributed by atoms with Gasteiger partial charge in [-0.15, -0.1) is 0 Å². The standard InChI is InChI=1S/C8H18N2O3/c1-6(12-4)13-7(11)10-5-8(2,3)9/h6H,5,9H2,1-4H3,(H,10,11). The summed E-state index contributed by atoms with van der Waals surface area (Å²) in [4.78, 5) is 11.0. The summed E-state index contributed by atoms with van der Waals surface area (Å²) in [6.07, 6.45) is -1.06. The number of hydrogen-bond donors (Lipinski definition) is 2. The molecule has 0 saturated heterocycles. The molecule has 0 aliphatic heterocycles.